The van der Waals surface area contributed by atoms with Gasteiger partial charge in [-0.05, 0) is 48.9 Å². The predicted octanol–water partition coefficient (Wildman–Crippen LogP) is 6.43. The minimum absolute atomic E-state index is 0.00540. The maximum atomic E-state index is 13.8. The topological polar surface area (TPSA) is 117 Å². The molecule has 4 aromatic rings. The number of rotatable bonds is 9. The van der Waals surface area contributed by atoms with Gasteiger partial charge in [0.25, 0.3) is 11.8 Å². The highest BCUT2D eigenvalue weighted by molar-refractivity contribution is 6.32. The molecule has 0 aliphatic heterocycles. The van der Waals surface area contributed by atoms with Gasteiger partial charge in [0.05, 0.1) is 34.5 Å². The van der Waals surface area contributed by atoms with E-state index < -0.39 is 29.1 Å². The Hall–Kier alpha value is -4.13. The minimum atomic E-state index is -4.74. The average molecular weight is 617 g/mol. The number of imidazole rings is 1. The van der Waals surface area contributed by atoms with Crippen molar-refractivity contribution in [2.75, 3.05) is 42.5 Å². The van der Waals surface area contributed by atoms with Crippen molar-refractivity contribution in [3.63, 3.8) is 0 Å². The molecule has 0 fully saturated rings. The number of ether oxygens (including phenoxy) is 1. The van der Waals surface area contributed by atoms with Crippen LogP contribution in [0.1, 0.15) is 45.7 Å². The summed E-state index contributed by atoms with van der Waals surface area (Å²) < 4.78 is 46.1. The van der Waals surface area contributed by atoms with Crippen molar-refractivity contribution in [1.82, 2.24) is 9.97 Å². The van der Waals surface area contributed by atoms with Crippen molar-refractivity contribution < 1.29 is 27.5 Å². The number of nitrogens with zero attached hydrogens (tertiary/aromatic N) is 3. The summed E-state index contributed by atoms with van der Waals surface area (Å²) >= 11 is 6.25. The van der Waals surface area contributed by atoms with E-state index in [1.165, 1.54) is 24.3 Å². The Morgan fingerprint density at radius 2 is 1.79 bits per heavy atom. The quantitative estimate of drug-likeness (QED) is 0.113. The average Bonchev–Trinajstić information content (AvgIpc) is 3.37. The van der Waals surface area contributed by atoms with Crippen molar-refractivity contribution in [2.24, 2.45) is 11.3 Å². The molecule has 4 rings (SSSR count). The molecule has 4 N–H and O–H groups in total. The fraction of sp³-hybridized carbons (Fsp3) is 0.300. The highest BCUT2D eigenvalue weighted by Crippen LogP contribution is 2.34. The van der Waals surface area contributed by atoms with Gasteiger partial charge in [-0.3, -0.25) is 9.59 Å². The molecule has 0 spiro atoms. The molecule has 9 nitrogen and oxygen atoms in total. The van der Waals surface area contributed by atoms with Crippen LogP contribution in [0.3, 0.4) is 0 Å². The Bertz CT molecular complexity index is 1670. The van der Waals surface area contributed by atoms with E-state index >= 15 is 0 Å². The first-order valence-corrected chi connectivity index (χ1v) is 13.6. The Labute approximate surface area is 251 Å². The molecule has 2 amide bonds. The molecular weight excluding hydrogens is 585 g/mol. The van der Waals surface area contributed by atoms with E-state index in [2.05, 4.69) is 15.3 Å². The van der Waals surface area contributed by atoms with Crippen LogP contribution >= 0.6 is 11.6 Å². The van der Waals surface area contributed by atoms with Gasteiger partial charge in [-0.1, -0.05) is 43.6 Å². The summed E-state index contributed by atoms with van der Waals surface area (Å²) in [6.45, 7) is 6.77. The number of hydrazine groups is 1. The molecule has 0 radical (unpaired) electrons. The highest BCUT2D eigenvalue weighted by atomic mass is 35.5. The summed E-state index contributed by atoms with van der Waals surface area (Å²) in [6.07, 6.45) is -4.74. The van der Waals surface area contributed by atoms with Gasteiger partial charge in [-0.2, -0.15) is 13.2 Å². The van der Waals surface area contributed by atoms with Crippen LogP contribution in [0.25, 0.3) is 11.0 Å². The standard InChI is InChI=1S/C30H32ClF3N6O3/c1-17-22(31)11-8-12-24(17)40(35)27(42)20-13-18(36-26(41)19-9-6-7-10-21(19)30(32,33)34)14-23-25(20)38-28(37-23)39(4)15-29(2,3)16-43-5/h6-14H,15-16,35H2,1-5H3,(H,36,41)(H,37,38). The molecule has 43 heavy (non-hydrogen) atoms. The van der Waals surface area contributed by atoms with Crippen LogP contribution in [-0.4, -0.2) is 49.1 Å². The summed E-state index contributed by atoms with van der Waals surface area (Å²) in [6, 6.07) is 12.2. The molecule has 228 valence electrons. The number of benzene rings is 3. The summed E-state index contributed by atoms with van der Waals surface area (Å²) in [7, 11) is 3.43. The number of H-pyrrole nitrogens is 1. The SMILES string of the molecule is COCC(C)(C)CN(C)c1nc2c(C(=O)N(N)c3cccc(Cl)c3C)cc(NC(=O)c3ccccc3C(F)(F)F)cc2[nH]1. The normalized spacial score (nSPS) is 12.0. The van der Waals surface area contributed by atoms with Crippen LogP contribution in [-0.2, 0) is 10.9 Å². The zero-order chi connectivity index (χ0) is 31.7. The van der Waals surface area contributed by atoms with Gasteiger partial charge in [0, 0.05) is 36.8 Å². The number of hydrogen-bond donors (Lipinski definition) is 3. The van der Waals surface area contributed by atoms with Crippen LogP contribution in [0.4, 0.5) is 30.5 Å². The Morgan fingerprint density at radius 3 is 2.47 bits per heavy atom. The van der Waals surface area contributed by atoms with E-state index in [0.717, 1.165) is 17.1 Å². The number of methoxy groups -OCH3 is 1. The molecule has 0 saturated heterocycles. The molecule has 3 aromatic carbocycles. The smallest absolute Gasteiger partial charge is 0.384 e. The van der Waals surface area contributed by atoms with E-state index in [9.17, 15) is 22.8 Å². The fourth-order valence-corrected chi connectivity index (χ4v) is 5.07. The lowest BCUT2D eigenvalue weighted by molar-refractivity contribution is -0.137. The first-order valence-electron chi connectivity index (χ1n) is 13.2. The van der Waals surface area contributed by atoms with Crippen molar-refractivity contribution in [1.29, 1.82) is 0 Å². The molecule has 1 aromatic heterocycles. The first-order chi connectivity index (χ1) is 20.1. The van der Waals surface area contributed by atoms with Crippen molar-refractivity contribution in [3.05, 3.63) is 81.9 Å². The van der Waals surface area contributed by atoms with Gasteiger partial charge in [-0.25, -0.2) is 15.8 Å². The second-order valence-corrected chi connectivity index (χ2v) is 11.4. The Balaban J connectivity index is 1.80. The largest absolute Gasteiger partial charge is 0.417 e. The second-order valence-electron chi connectivity index (χ2n) is 11.0. The van der Waals surface area contributed by atoms with Crippen LogP contribution in [0.5, 0.6) is 0 Å². The third kappa shape index (κ3) is 6.93. The number of hydrogen-bond acceptors (Lipinski definition) is 6. The van der Waals surface area contributed by atoms with Gasteiger partial charge >= 0.3 is 6.18 Å². The zero-order valence-electron chi connectivity index (χ0n) is 24.3. The summed E-state index contributed by atoms with van der Waals surface area (Å²) in [5.74, 6) is 5.01. The van der Waals surface area contributed by atoms with Crippen molar-refractivity contribution in [2.45, 2.75) is 26.9 Å². The van der Waals surface area contributed by atoms with E-state index in [0.29, 0.717) is 40.9 Å². The molecule has 0 aliphatic rings. The number of aromatic amines is 1. The number of alkyl halides is 3. The molecule has 0 aliphatic carbocycles. The Morgan fingerprint density at radius 1 is 1.09 bits per heavy atom. The molecule has 0 unspecified atom stereocenters. The van der Waals surface area contributed by atoms with Crippen molar-refractivity contribution >= 4 is 51.8 Å². The zero-order valence-corrected chi connectivity index (χ0v) is 25.0. The molecule has 0 bridgehead atoms. The van der Waals surface area contributed by atoms with Crippen LogP contribution < -0.4 is 21.1 Å². The molecule has 0 saturated carbocycles. The number of amides is 2. The lowest BCUT2D eigenvalue weighted by Crippen LogP contribution is -2.38. The second kappa shape index (κ2) is 12.2. The summed E-state index contributed by atoms with van der Waals surface area (Å²) in [4.78, 5) is 36.6. The van der Waals surface area contributed by atoms with Gasteiger partial charge in [0.15, 0.2) is 0 Å². The van der Waals surface area contributed by atoms with Gasteiger partial charge in [-0.15, -0.1) is 0 Å². The van der Waals surface area contributed by atoms with Crippen LogP contribution in [0, 0.1) is 12.3 Å². The number of carbonyl (C=O) groups is 2. The lowest BCUT2D eigenvalue weighted by Gasteiger charge is -2.29. The van der Waals surface area contributed by atoms with Gasteiger partial charge < -0.3 is 19.9 Å². The number of halogens is 4. The van der Waals surface area contributed by atoms with Crippen LogP contribution in [0.15, 0.2) is 54.6 Å². The molecule has 0 atom stereocenters. The third-order valence-electron chi connectivity index (χ3n) is 6.82. The number of anilines is 3. The number of nitrogens with two attached hydrogens (primary N) is 1. The number of fused-ring (bicyclic) bond motifs is 1. The van der Waals surface area contributed by atoms with E-state index in [1.54, 1.807) is 32.2 Å². The number of nitrogens with one attached hydrogen (secondary N) is 2. The highest BCUT2D eigenvalue weighted by Gasteiger charge is 2.35. The number of aromatic nitrogens is 2. The van der Waals surface area contributed by atoms with E-state index in [4.69, 9.17) is 22.2 Å². The third-order valence-corrected chi connectivity index (χ3v) is 7.23. The first kappa shape index (κ1) is 31.8. The van der Waals surface area contributed by atoms with Gasteiger partial charge in [0.2, 0.25) is 5.95 Å². The molecular formula is C30H32ClF3N6O3. The maximum Gasteiger partial charge on any atom is 0.417 e. The van der Waals surface area contributed by atoms with Crippen molar-refractivity contribution in [3.8, 4) is 0 Å². The van der Waals surface area contributed by atoms with E-state index in [-0.39, 0.29) is 22.2 Å². The lowest BCUT2D eigenvalue weighted by atomic mass is 9.94. The minimum Gasteiger partial charge on any atom is -0.384 e. The Kier molecular flexibility index (Phi) is 9.05. The number of carbonyl (C=O) groups excluding carboxylic acids is 2. The summed E-state index contributed by atoms with van der Waals surface area (Å²) in [5, 5.41) is 3.82. The summed E-state index contributed by atoms with van der Waals surface area (Å²) in [5.41, 5.74) is -0.322. The van der Waals surface area contributed by atoms with E-state index in [1.807, 2.05) is 25.8 Å². The molecule has 13 heteroatoms. The van der Waals surface area contributed by atoms with Gasteiger partial charge in [0.1, 0.15) is 5.52 Å². The predicted molar refractivity (Wildman–Crippen MR) is 162 cm³/mol. The fourth-order valence-electron chi connectivity index (χ4n) is 4.90. The monoisotopic (exact) mass is 616 g/mol. The van der Waals surface area contributed by atoms with Crippen LogP contribution in [0.2, 0.25) is 5.02 Å². The molecule has 1 heterocycles. The maximum absolute atomic E-state index is 13.8.